The molecule has 1 N–H and O–H groups in total. The van der Waals surface area contributed by atoms with Crippen molar-refractivity contribution in [2.24, 2.45) is 17.8 Å². The number of nitrogens with one attached hydrogen (secondary N) is 1. The van der Waals surface area contributed by atoms with Crippen LogP contribution in [0.5, 0.6) is 0 Å². The van der Waals surface area contributed by atoms with Crippen LogP contribution in [-0.2, 0) is 11.2 Å². The van der Waals surface area contributed by atoms with Crippen LogP contribution in [0.25, 0.3) is 0 Å². The number of anilines is 1. The van der Waals surface area contributed by atoms with E-state index in [0.717, 1.165) is 37.4 Å². The van der Waals surface area contributed by atoms with E-state index in [9.17, 15) is 4.79 Å². The highest BCUT2D eigenvalue weighted by Crippen LogP contribution is 2.43. The van der Waals surface area contributed by atoms with Crippen LogP contribution < -0.4 is 10.2 Å². The monoisotopic (exact) mass is 312 g/mol. The van der Waals surface area contributed by atoms with Crippen molar-refractivity contribution in [1.82, 2.24) is 15.3 Å². The molecule has 2 heterocycles. The van der Waals surface area contributed by atoms with Gasteiger partial charge >= 0.3 is 0 Å². The average Bonchev–Trinajstić information content (AvgIpc) is 3.32. The van der Waals surface area contributed by atoms with Crippen molar-refractivity contribution in [2.75, 3.05) is 24.5 Å². The van der Waals surface area contributed by atoms with E-state index in [0.29, 0.717) is 18.4 Å². The smallest absolute Gasteiger partial charge is 0.223 e. The van der Waals surface area contributed by atoms with E-state index in [2.05, 4.69) is 38.4 Å². The van der Waals surface area contributed by atoms with Gasteiger partial charge in [-0.25, -0.2) is 9.97 Å². The number of fused-ring (bicyclic) bond motifs is 2. The fourth-order valence-corrected chi connectivity index (χ4v) is 4.17. The predicted molar refractivity (Wildman–Crippen MR) is 89.0 cm³/mol. The highest BCUT2D eigenvalue weighted by atomic mass is 16.1. The van der Waals surface area contributed by atoms with Crippen LogP contribution in [0.15, 0.2) is 24.5 Å². The van der Waals surface area contributed by atoms with E-state index in [-0.39, 0.29) is 11.8 Å². The SMILES string of the molecule is O=C(NCCc1cc(N2CCCC2)ncn1)[C@@H]1C[C@@H]2C=C[C@H]1C2. The quantitative estimate of drug-likeness (QED) is 0.844. The van der Waals surface area contributed by atoms with Gasteiger partial charge in [0.2, 0.25) is 5.91 Å². The third kappa shape index (κ3) is 3.09. The number of carbonyl (C=O) groups is 1. The van der Waals surface area contributed by atoms with Gasteiger partial charge < -0.3 is 10.2 Å². The zero-order valence-corrected chi connectivity index (χ0v) is 13.4. The minimum Gasteiger partial charge on any atom is -0.357 e. The van der Waals surface area contributed by atoms with Crippen LogP contribution >= 0.6 is 0 Å². The normalized spacial score (nSPS) is 28.5. The van der Waals surface area contributed by atoms with Gasteiger partial charge in [0.1, 0.15) is 12.1 Å². The van der Waals surface area contributed by atoms with E-state index in [4.69, 9.17) is 0 Å². The molecule has 0 aromatic carbocycles. The Morgan fingerprint density at radius 3 is 2.83 bits per heavy atom. The fourth-order valence-electron chi connectivity index (χ4n) is 4.17. The van der Waals surface area contributed by atoms with Gasteiger partial charge in [-0.05, 0) is 37.5 Å². The first-order valence-corrected chi connectivity index (χ1v) is 8.81. The molecule has 1 saturated carbocycles. The van der Waals surface area contributed by atoms with Crippen molar-refractivity contribution in [3.05, 3.63) is 30.2 Å². The molecule has 1 amide bonds. The maximum Gasteiger partial charge on any atom is 0.223 e. The van der Waals surface area contributed by atoms with Crippen LogP contribution in [0.3, 0.4) is 0 Å². The molecule has 1 saturated heterocycles. The summed E-state index contributed by atoms with van der Waals surface area (Å²) in [6.45, 7) is 2.84. The van der Waals surface area contributed by atoms with Gasteiger partial charge in [-0.3, -0.25) is 4.79 Å². The lowest BCUT2D eigenvalue weighted by Gasteiger charge is -2.18. The van der Waals surface area contributed by atoms with E-state index in [1.807, 2.05) is 0 Å². The highest BCUT2D eigenvalue weighted by Gasteiger charge is 2.39. The van der Waals surface area contributed by atoms with Crippen molar-refractivity contribution in [3.8, 4) is 0 Å². The third-order valence-corrected chi connectivity index (χ3v) is 5.44. The summed E-state index contributed by atoms with van der Waals surface area (Å²) < 4.78 is 0. The second kappa shape index (κ2) is 6.30. The van der Waals surface area contributed by atoms with Crippen molar-refractivity contribution in [2.45, 2.75) is 32.1 Å². The maximum absolute atomic E-state index is 12.3. The molecular formula is C18H24N4O. The van der Waals surface area contributed by atoms with Crippen LogP contribution in [0.1, 0.15) is 31.4 Å². The molecule has 23 heavy (non-hydrogen) atoms. The van der Waals surface area contributed by atoms with Gasteiger partial charge in [0.05, 0.1) is 0 Å². The Morgan fingerprint density at radius 1 is 1.22 bits per heavy atom. The summed E-state index contributed by atoms with van der Waals surface area (Å²) in [5.41, 5.74) is 1.01. The summed E-state index contributed by atoms with van der Waals surface area (Å²) in [5, 5.41) is 3.10. The Hall–Kier alpha value is -1.91. The van der Waals surface area contributed by atoms with Crippen LogP contribution in [0.2, 0.25) is 0 Å². The summed E-state index contributed by atoms with van der Waals surface area (Å²) in [6, 6.07) is 2.07. The van der Waals surface area contributed by atoms with E-state index in [1.54, 1.807) is 6.33 Å². The number of carbonyl (C=O) groups excluding carboxylic acids is 1. The van der Waals surface area contributed by atoms with Crippen LogP contribution in [-0.4, -0.2) is 35.5 Å². The number of nitrogens with zero attached hydrogens (tertiary/aromatic N) is 3. The first kappa shape index (κ1) is 14.7. The molecule has 0 spiro atoms. The van der Waals surface area contributed by atoms with Crippen molar-refractivity contribution in [3.63, 3.8) is 0 Å². The summed E-state index contributed by atoms with van der Waals surface area (Å²) in [7, 11) is 0. The lowest BCUT2D eigenvalue weighted by molar-refractivity contribution is -0.125. The number of aromatic nitrogens is 2. The van der Waals surface area contributed by atoms with Gasteiger partial charge in [0, 0.05) is 43.7 Å². The second-order valence-electron chi connectivity index (χ2n) is 6.99. The van der Waals surface area contributed by atoms with E-state index >= 15 is 0 Å². The Labute approximate surface area is 137 Å². The van der Waals surface area contributed by atoms with Crippen LogP contribution in [0, 0.1) is 17.8 Å². The minimum absolute atomic E-state index is 0.190. The highest BCUT2D eigenvalue weighted by molar-refractivity contribution is 5.80. The van der Waals surface area contributed by atoms with E-state index in [1.165, 1.54) is 19.3 Å². The van der Waals surface area contributed by atoms with E-state index < -0.39 is 0 Å². The third-order valence-electron chi connectivity index (χ3n) is 5.44. The largest absolute Gasteiger partial charge is 0.357 e. The Kier molecular flexibility index (Phi) is 4.02. The average molecular weight is 312 g/mol. The van der Waals surface area contributed by atoms with Crippen molar-refractivity contribution < 1.29 is 4.79 Å². The molecule has 3 atom stereocenters. The molecule has 4 rings (SSSR count). The number of rotatable bonds is 5. The molecule has 5 nitrogen and oxygen atoms in total. The minimum atomic E-state index is 0.190. The van der Waals surface area contributed by atoms with Crippen molar-refractivity contribution in [1.29, 1.82) is 0 Å². The molecule has 0 unspecified atom stereocenters. The lowest BCUT2D eigenvalue weighted by atomic mass is 9.93. The number of hydrogen-bond donors (Lipinski definition) is 1. The van der Waals surface area contributed by atoms with Gasteiger partial charge in [0.15, 0.2) is 0 Å². The molecule has 1 aromatic heterocycles. The lowest BCUT2D eigenvalue weighted by Crippen LogP contribution is -2.34. The molecular weight excluding hydrogens is 288 g/mol. The standard InChI is InChI=1S/C18H24N4O/c23-18(16-10-13-3-4-14(16)9-13)19-6-5-15-11-17(21-12-20-15)22-7-1-2-8-22/h3-4,11-14,16H,1-2,5-10H2,(H,19,23)/t13-,14+,16-/m1/s1. The molecule has 2 aliphatic carbocycles. The predicted octanol–water partition coefficient (Wildman–Crippen LogP) is 1.95. The summed E-state index contributed by atoms with van der Waals surface area (Å²) in [5.74, 6) is 2.55. The Bertz CT molecular complexity index is 609. The molecule has 3 aliphatic rings. The molecule has 5 heteroatoms. The summed E-state index contributed by atoms with van der Waals surface area (Å²) >= 11 is 0. The molecule has 2 bridgehead atoms. The maximum atomic E-state index is 12.3. The van der Waals surface area contributed by atoms with Crippen LogP contribution in [0.4, 0.5) is 5.82 Å². The molecule has 2 fully saturated rings. The van der Waals surface area contributed by atoms with Crippen molar-refractivity contribution >= 4 is 11.7 Å². The number of amides is 1. The van der Waals surface area contributed by atoms with Gasteiger partial charge in [-0.15, -0.1) is 0 Å². The molecule has 1 aliphatic heterocycles. The zero-order chi connectivity index (χ0) is 15.6. The summed E-state index contributed by atoms with van der Waals surface area (Å²) in [6.07, 6.45) is 11.6. The first-order chi connectivity index (χ1) is 11.3. The molecule has 1 aromatic rings. The number of allylic oxidation sites excluding steroid dienone is 2. The molecule has 0 radical (unpaired) electrons. The first-order valence-electron chi connectivity index (χ1n) is 8.81. The Balaban J connectivity index is 1.28. The number of hydrogen-bond acceptors (Lipinski definition) is 4. The van der Waals surface area contributed by atoms with Gasteiger partial charge in [0.25, 0.3) is 0 Å². The van der Waals surface area contributed by atoms with Gasteiger partial charge in [-0.1, -0.05) is 12.2 Å². The summed E-state index contributed by atoms with van der Waals surface area (Å²) in [4.78, 5) is 23.3. The zero-order valence-electron chi connectivity index (χ0n) is 13.4. The topological polar surface area (TPSA) is 58.1 Å². The fraction of sp³-hybridized carbons (Fsp3) is 0.611. The molecule has 122 valence electrons. The second-order valence-corrected chi connectivity index (χ2v) is 6.99. The van der Waals surface area contributed by atoms with Gasteiger partial charge in [-0.2, -0.15) is 0 Å². The Morgan fingerprint density at radius 2 is 2.09 bits per heavy atom.